The van der Waals surface area contributed by atoms with Gasteiger partial charge in [0.1, 0.15) is 6.10 Å². The van der Waals surface area contributed by atoms with Gasteiger partial charge in [0.15, 0.2) is 0 Å². The van der Waals surface area contributed by atoms with Crippen molar-refractivity contribution in [2.75, 3.05) is 13.6 Å². The molecule has 1 aliphatic carbocycles. The maximum Gasteiger partial charge on any atom is 0.294 e. The van der Waals surface area contributed by atoms with Gasteiger partial charge in [-0.25, -0.2) is 0 Å². The highest BCUT2D eigenvalue weighted by Gasteiger charge is 2.30. The molecular weight excluding hydrogens is 214 g/mol. The smallest absolute Gasteiger partial charge is 0.294 e. The highest BCUT2D eigenvalue weighted by atomic mass is 16.5. The van der Waals surface area contributed by atoms with Gasteiger partial charge in [0.05, 0.1) is 11.0 Å². The summed E-state index contributed by atoms with van der Waals surface area (Å²) in [4.78, 5) is 7.60. The van der Waals surface area contributed by atoms with E-state index >= 15 is 0 Å². The molecule has 0 spiro atoms. The van der Waals surface area contributed by atoms with Crippen molar-refractivity contribution in [3.05, 3.63) is 24.3 Å². The van der Waals surface area contributed by atoms with Crippen molar-refractivity contribution < 1.29 is 4.74 Å². The summed E-state index contributed by atoms with van der Waals surface area (Å²) in [7, 11) is 1.99. The van der Waals surface area contributed by atoms with E-state index in [1.54, 1.807) is 0 Å². The van der Waals surface area contributed by atoms with Crippen molar-refractivity contribution in [1.29, 1.82) is 0 Å². The quantitative estimate of drug-likeness (QED) is 0.845. The first-order chi connectivity index (χ1) is 8.35. The predicted molar refractivity (Wildman–Crippen MR) is 67.2 cm³/mol. The number of aromatic amines is 1. The van der Waals surface area contributed by atoms with E-state index in [-0.39, 0.29) is 0 Å². The highest BCUT2D eigenvalue weighted by molar-refractivity contribution is 5.75. The number of hydrogen-bond acceptors (Lipinski definition) is 3. The fraction of sp³-hybridized carbons (Fsp3) is 0.462. The number of rotatable bonds is 4. The zero-order valence-electron chi connectivity index (χ0n) is 9.94. The minimum Gasteiger partial charge on any atom is -0.461 e. The average molecular weight is 231 g/mol. The third-order valence-corrected chi connectivity index (χ3v) is 3.33. The number of hydrogen-bond donors (Lipinski definition) is 2. The summed E-state index contributed by atoms with van der Waals surface area (Å²) in [5, 5.41) is 3.20. The predicted octanol–water partition coefficient (Wildman–Crippen LogP) is 1.94. The van der Waals surface area contributed by atoms with E-state index in [2.05, 4.69) is 15.3 Å². The minimum absolute atomic E-state index is 0.328. The summed E-state index contributed by atoms with van der Waals surface area (Å²) in [6, 6.07) is 8.64. The van der Waals surface area contributed by atoms with Gasteiger partial charge in [0.25, 0.3) is 6.01 Å². The molecule has 1 aromatic carbocycles. The summed E-state index contributed by atoms with van der Waals surface area (Å²) in [5.74, 6) is 0.759. The molecule has 4 nitrogen and oxygen atoms in total. The minimum atomic E-state index is 0.328. The normalized spacial score (nSPS) is 23.6. The molecular formula is C13H17N3O. The van der Waals surface area contributed by atoms with Crippen molar-refractivity contribution in [2.45, 2.75) is 18.9 Å². The van der Waals surface area contributed by atoms with E-state index in [1.165, 1.54) is 0 Å². The zero-order chi connectivity index (χ0) is 11.7. The number of benzene rings is 1. The summed E-state index contributed by atoms with van der Waals surface area (Å²) in [6.45, 7) is 1.08. The number of ether oxygens (including phenoxy) is 1. The Bertz CT molecular complexity index is 469. The van der Waals surface area contributed by atoms with Crippen LogP contribution in [0.15, 0.2) is 24.3 Å². The number of imidazole rings is 1. The number of nitrogens with zero attached hydrogens (tertiary/aromatic N) is 1. The van der Waals surface area contributed by atoms with Crippen molar-refractivity contribution in [2.24, 2.45) is 5.92 Å². The molecule has 90 valence electrons. The number of fused-ring (bicyclic) bond motifs is 1. The topological polar surface area (TPSA) is 49.9 Å². The van der Waals surface area contributed by atoms with Gasteiger partial charge in [0.2, 0.25) is 0 Å². The van der Waals surface area contributed by atoms with Gasteiger partial charge in [0, 0.05) is 0 Å². The fourth-order valence-corrected chi connectivity index (χ4v) is 2.37. The van der Waals surface area contributed by atoms with Gasteiger partial charge >= 0.3 is 0 Å². The maximum atomic E-state index is 5.82. The van der Waals surface area contributed by atoms with Crippen LogP contribution < -0.4 is 10.1 Å². The highest BCUT2D eigenvalue weighted by Crippen LogP contribution is 2.30. The fourth-order valence-electron chi connectivity index (χ4n) is 2.37. The molecule has 0 atom stereocenters. The summed E-state index contributed by atoms with van der Waals surface area (Å²) < 4.78 is 5.82. The SMILES string of the molecule is CNCC1CC(Oc2nc3ccccc3[nH]2)C1. The zero-order valence-corrected chi connectivity index (χ0v) is 9.94. The van der Waals surface area contributed by atoms with Crippen LogP contribution in [0.4, 0.5) is 0 Å². The van der Waals surface area contributed by atoms with E-state index < -0.39 is 0 Å². The third-order valence-electron chi connectivity index (χ3n) is 3.33. The van der Waals surface area contributed by atoms with Crippen LogP contribution in [0, 0.1) is 5.92 Å². The first-order valence-electron chi connectivity index (χ1n) is 6.11. The molecule has 17 heavy (non-hydrogen) atoms. The molecule has 1 saturated carbocycles. The lowest BCUT2D eigenvalue weighted by atomic mass is 9.82. The molecule has 4 heteroatoms. The summed E-state index contributed by atoms with van der Waals surface area (Å²) >= 11 is 0. The molecule has 3 rings (SSSR count). The van der Waals surface area contributed by atoms with Crippen LogP contribution in [-0.2, 0) is 0 Å². The molecule has 1 aromatic heterocycles. The van der Waals surface area contributed by atoms with Crippen LogP contribution in [0.1, 0.15) is 12.8 Å². The molecule has 0 bridgehead atoms. The Balaban J connectivity index is 1.62. The first-order valence-corrected chi connectivity index (χ1v) is 6.11. The summed E-state index contributed by atoms with van der Waals surface area (Å²) in [6.07, 6.45) is 2.57. The van der Waals surface area contributed by atoms with Crippen molar-refractivity contribution >= 4 is 11.0 Å². The van der Waals surface area contributed by atoms with Gasteiger partial charge in [-0.15, -0.1) is 0 Å². The van der Waals surface area contributed by atoms with Crippen LogP contribution in [0.3, 0.4) is 0 Å². The van der Waals surface area contributed by atoms with Crippen LogP contribution in [0.5, 0.6) is 6.01 Å². The Morgan fingerprint density at radius 3 is 3.00 bits per heavy atom. The van der Waals surface area contributed by atoms with Gasteiger partial charge < -0.3 is 15.0 Å². The molecule has 2 N–H and O–H groups in total. The molecule has 2 aromatic rings. The Morgan fingerprint density at radius 1 is 1.41 bits per heavy atom. The van der Waals surface area contributed by atoms with Crippen LogP contribution in [0.2, 0.25) is 0 Å². The Morgan fingerprint density at radius 2 is 2.24 bits per heavy atom. The van der Waals surface area contributed by atoms with Gasteiger partial charge in [-0.05, 0) is 44.5 Å². The second-order valence-electron chi connectivity index (χ2n) is 4.69. The molecule has 1 aliphatic rings. The second kappa shape index (κ2) is 4.37. The summed E-state index contributed by atoms with van der Waals surface area (Å²) in [5.41, 5.74) is 2.00. The second-order valence-corrected chi connectivity index (χ2v) is 4.69. The van der Waals surface area contributed by atoms with E-state index in [4.69, 9.17) is 4.74 Å². The molecule has 0 saturated heterocycles. The van der Waals surface area contributed by atoms with Gasteiger partial charge in [-0.2, -0.15) is 4.98 Å². The standard InChI is InChI=1S/C13H17N3O/c1-14-8-9-6-10(7-9)17-13-15-11-4-2-3-5-12(11)16-13/h2-5,9-10,14H,6-8H2,1H3,(H,15,16). The number of para-hydroxylation sites is 2. The van der Waals surface area contributed by atoms with Crippen LogP contribution in [0.25, 0.3) is 11.0 Å². The van der Waals surface area contributed by atoms with E-state index in [0.717, 1.165) is 36.3 Å². The van der Waals surface area contributed by atoms with Gasteiger partial charge in [-0.3, -0.25) is 0 Å². The van der Waals surface area contributed by atoms with E-state index in [1.807, 2.05) is 31.3 Å². The molecule has 1 heterocycles. The maximum absolute atomic E-state index is 5.82. The van der Waals surface area contributed by atoms with Crippen molar-refractivity contribution in [3.63, 3.8) is 0 Å². The molecule has 0 aliphatic heterocycles. The molecule has 0 amide bonds. The molecule has 0 radical (unpaired) electrons. The number of nitrogens with one attached hydrogen (secondary N) is 2. The Kier molecular flexibility index (Phi) is 2.73. The van der Waals surface area contributed by atoms with Crippen LogP contribution in [-0.4, -0.2) is 29.7 Å². The van der Waals surface area contributed by atoms with Crippen molar-refractivity contribution in [3.8, 4) is 6.01 Å². The molecule has 1 fully saturated rings. The molecule has 0 unspecified atom stereocenters. The lowest BCUT2D eigenvalue weighted by molar-refractivity contribution is 0.0584. The average Bonchev–Trinajstić information content (AvgIpc) is 2.68. The number of H-pyrrole nitrogens is 1. The van der Waals surface area contributed by atoms with Crippen molar-refractivity contribution in [1.82, 2.24) is 15.3 Å². The third kappa shape index (κ3) is 2.13. The van der Waals surface area contributed by atoms with E-state index in [9.17, 15) is 0 Å². The largest absolute Gasteiger partial charge is 0.461 e. The van der Waals surface area contributed by atoms with Crippen LogP contribution >= 0.6 is 0 Å². The number of aromatic nitrogens is 2. The Labute approximate surface area is 100 Å². The van der Waals surface area contributed by atoms with Gasteiger partial charge in [-0.1, -0.05) is 12.1 Å². The lowest BCUT2D eigenvalue weighted by Gasteiger charge is -2.34. The Hall–Kier alpha value is -1.55. The first kappa shape index (κ1) is 10.6. The lowest BCUT2D eigenvalue weighted by Crippen LogP contribution is -2.38. The van der Waals surface area contributed by atoms with E-state index in [0.29, 0.717) is 12.1 Å². The monoisotopic (exact) mass is 231 g/mol.